The average Bonchev–Trinajstić information content (AvgIpc) is 3.03. The summed E-state index contributed by atoms with van der Waals surface area (Å²) in [7, 11) is 1.87. The molecule has 0 fully saturated rings. The van der Waals surface area contributed by atoms with Crippen LogP contribution in [0.3, 0.4) is 0 Å². The number of aromatic nitrogens is 4. The standard InChI is InChI=1S/C16H24N6O2/c1-6-22-14(7-10(2)19-22)16(24)18-9-15(23)17-8-13-11(3)20-21(5)12(13)4/h7H,6,8-9H2,1-5H3,(H,17,23)(H,18,24). The first-order valence-corrected chi connectivity index (χ1v) is 7.91. The van der Waals surface area contributed by atoms with Crippen LogP contribution in [0.4, 0.5) is 0 Å². The van der Waals surface area contributed by atoms with E-state index in [0.717, 1.165) is 22.6 Å². The molecule has 0 aliphatic rings. The van der Waals surface area contributed by atoms with Gasteiger partial charge in [0.05, 0.1) is 17.9 Å². The topological polar surface area (TPSA) is 93.8 Å². The number of carbonyl (C=O) groups is 2. The van der Waals surface area contributed by atoms with Gasteiger partial charge in [0, 0.05) is 31.4 Å². The molecule has 0 radical (unpaired) electrons. The predicted molar refractivity (Wildman–Crippen MR) is 89.5 cm³/mol. The summed E-state index contributed by atoms with van der Waals surface area (Å²) in [5, 5.41) is 14.0. The second kappa shape index (κ2) is 7.29. The molecule has 2 rings (SSSR count). The number of hydrogen-bond acceptors (Lipinski definition) is 4. The van der Waals surface area contributed by atoms with Crippen LogP contribution in [0.15, 0.2) is 6.07 Å². The minimum absolute atomic E-state index is 0.0782. The Morgan fingerprint density at radius 1 is 1.17 bits per heavy atom. The molecule has 0 bridgehead atoms. The summed E-state index contributed by atoms with van der Waals surface area (Å²) in [5.74, 6) is -0.549. The Balaban J connectivity index is 1.88. The van der Waals surface area contributed by atoms with Crippen molar-refractivity contribution in [1.29, 1.82) is 0 Å². The van der Waals surface area contributed by atoms with Crippen molar-refractivity contribution in [3.05, 3.63) is 34.4 Å². The van der Waals surface area contributed by atoms with Crippen LogP contribution in [0.25, 0.3) is 0 Å². The van der Waals surface area contributed by atoms with E-state index in [-0.39, 0.29) is 18.4 Å². The van der Waals surface area contributed by atoms with Crippen molar-refractivity contribution in [2.75, 3.05) is 6.54 Å². The van der Waals surface area contributed by atoms with E-state index < -0.39 is 0 Å². The number of nitrogens with zero attached hydrogens (tertiary/aromatic N) is 4. The third-order valence-electron chi connectivity index (χ3n) is 3.97. The van der Waals surface area contributed by atoms with Crippen LogP contribution in [0.5, 0.6) is 0 Å². The molecule has 2 aromatic heterocycles. The van der Waals surface area contributed by atoms with Crippen LogP contribution < -0.4 is 10.6 Å². The van der Waals surface area contributed by atoms with Crippen molar-refractivity contribution in [2.45, 2.75) is 40.8 Å². The maximum Gasteiger partial charge on any atom is 0.269 e. The largest absolute Gasteiger partial charge is 0.350 e. The van der Waals surface area contributed by atoms with E-state index in [1.807, 2.05) is 34.7 Å². The fraction of sp³-hybridized carbons (Fsp3) is 0.500. The van der Waals surface area contributed by atoms with Crippen LogP contribution in [0, 0.1) is 20.8 Å². The third kappa shape index (κ3) is 3.81. The molecular formula is C16H24N6O2. The van der Waals surface area contributed by atoms with Gasteiger partial charge >= 0.3 is 0 Å². The zero-order chi connectivity index (χ0) is 17.9. The molecular weight excluding hydrogens is 308 g/mol. The molecule has 2 aromatic rings. The Morgan fingerprint density at radius 2 is 1.88 bits per heavy atom. The van der Waals surface area contributed by atoms with Gasteiger partial charge in [-0.2, -0.15) is 10.2 Å². The monoisotopic (exact) mass is 332 g/mol. The van der Waals surface area contributed by atoms with Crippen LogP contribution in [-0.4, -0.2) is 37.9 Å². The van der Waals surface area contributed by atoms with Gasteiger partial charge in [0.1, 0.15) is 5.69 Å². The Labute approximate surface area is 141 Å². The molecule has 2 heterocycles. The van der Waals surface area contributed by atoms with Gasteiger partial charge in [-0.15, -0.1) is 0 Å². The SMILES string of the molecule is CCn1nc(C)cc1C(=O)NCC(=O)NCc1c(C)nn(C)c1C. The smallest absolute Gasteiger partial charge is 0.269 e. The molecule has 24 heavy (non-hydrogen) atoms. The van der Waals surface area contributed by atoms with Gasteiger partial charge in [0.25, 0.3) is 5.91 Å². The normalized spacial score (nSPS) is 10.7. The number of nitrogens with one attached hydrogen (secondary N) is 2. The quantitative estimate of drug-likeness (QED) is 0.810. The van der Waals surface area contributed by atoms with Crippen molar-refractivity contribution >= 4 is 11.8 Å². The van der Waals surface area contributed by atoms with Crippen molar-refractivity contribution in [1.82, 2.24) is 30.2 Å². The molecule has 0 atom stereocenters. The number of amides is 2. The number of rotatable bonds is 6. The molecule has 8 heteroatoms. The van der Waals surface area contributed by atoms with E-state index in [0.29, 0.717) is 18.8 Å². The first kappa shape index (κ1) is 17.7. The average molecular weight is 332 g/mol. The minimum atomic E-state index is -0.304. The van der Waals surface area contributed by atoms with E-state index in [2.05, 4.69) is 20.8 Å². The summed E-state index contributed by atoms with van der Waals surface area (Å²) in [4.78, 5) is 24.1. The van der Waals surface area contributed by atoms with Gasteiger partial charge in [0.15, 0.2) is 0 Å². The summed E-state index contributed by atoms with van der Waals surface area (Å²) in [6.45, 7) is 8.52. The van der Waals surface area contributed by atoms with Crippen molar-refractivity contribution in [3.63, 3.8) is 0 Å². The summed E-state index contributed by atoms with van der Waals surface area (Å²) >= 11 is 0. The second-order valence-corrected chi connectivity index (χ2v) is 5.72. The highest BCUT2D eigenvalue weighted by Gasteiger charge is 2.15. The highest BCUT2D eigenvalue weighted by Crippen LogP contribution is 2.11. The summed E-state index contributed by atoms with van der Waals surface area (Å²) in [5.41, 5.74) is 4.13. The van der Waals surface area contributed by atoms with Crippen LogP contribution in [-0.2, 0) is 24.9 Å². The summed E-state index contributed by atoms with van der Waals surface area (Å²) in [6.07, 6.45) is 0. The molecule has 0 unspecified atom stereocenters. The molecule has 0 saturated heterocycles. The van der Waals surface area contributed by atoms with E-state index in [4.69, 9.17) is 0 Å². The fourth-order valence-corrected chi connectivity index (χ4v) is 2.54. The lowest BCUT2D eigenvalue weighted by Gasteiger charge is -2.08. The number of aryl methyl sites for hydroxylation is 4. The van der Waals surface area contributed by atoms with Crippen molar-refractivity contribution < 1.29 is 9.59 Å². The molecule has 0 aliphatic heterocycles. The first-order valence-electron chi connectivity index (χ1n) is 7.91. The lowest BCUT2D eigenvalue weighted by Crippen LogP contribution is -2.37. The number of hydrogen-bond donors (Lipinski definition) is 2. The molecule has 0 aliphatic carbocycles. The van der Waals surface area contributed by atoms with Gasteiger partial charge in [-0.3, -0.25) is 19.0 Å². The van der Waals surface area contributed by atoms with Gasteiger partial charge in [0.2, 0.25) is 5.91 Å². The lowest BCUT2D eigenvalue weighted by molar-refractivity contribution is -0.120. The zero-order valence-electron chi connectivity index (χ0n) is 14.8. The molecule has 130 valence electrons. The van der Waals surface area contributed by atoms with Crippen molar-refractivity contribution in [3.8, 4) is 0 Å². The minimum Gasteiger partial charge on any atom is -0.350 e. The predicted octanol–water partition coefficient (Wildman–Crippen LogP) is 0.608. The van der Waals surface area contributed by atoms with Gasteiger partial charge < -0.3 is 10.6 Å². The zero-order valence-corrected chi connectivity index (χ0v) is 14.8. The maximum absolute atomic E-state index is 12.2. The van der Waals surface area contributed by atoms with Crippen LogP contribution in [0.1, 0.15) is 40.1 Å². The summed E-state index contributed by atoms with van der Waals surface area (Å²) in [6, 6.07) is 1.71. The molecule has 0 aromatic carbocycles. The van der Waals surface area contributed by atoms with Gasteiger partial charge in [-0.1, -0.05) is 0 Å². The highest BCUT2D eigenvalue weighted by atomic mass is 16.2. The Hall–Kier alpha value is -2.64. The highest BCUT2D eigenvalue weighted by molar-refractivity contribution is 5.95. The van der Waals surface area contributed by atoms with Gasteiger partial charge in [-0.05, 0) is 33.8 Å². The maximum atomic E-state index is 12.2. The van der Waals surface area contributed by atoms with E-state index >= 15 is 0 Å². The van der Waals surface area contributed by atoms with Crippen LogP contribution >= 0.6 is 0 Å². The van der Waals surface area contributed by atoms with Crippen LogP contribution in [0.2, 0.25) is 0 Å². The Bertz CT molecular complexity index is 759. The molecule has 8 nitrogen and oxygen atoms in total. The lowest BCUT2D eigenvalue weighted by atomic mass is 10.2. The first-order chi connectivity index (χ1) is 11.3. The van der Waals surface area contributed by atoms with Gasteiger partial charge in [-0.25, -0.2) is 0 Å². The summed E-state index contributed by atoms with van der Waals surface area (Å²) < 4.78 is 3.40. The molecule has 2 amide bonds. The molecule has 2 N–H and O–H groups in total. The molecule has 0 saturated carbocycles. The Morgan fingerprint density at radius 3 is 2.46 bits per heavy atom. The third-order valence-corrected chi connectivity index (χ3v) is 3.97. The van der Waals surface area contributed by atoms with E-state index in [1.165, 1.54) is 0 Å². The number of carbonyl (C=O) groups excluding carboxylic acids is 2. The fourth-order valence-electron chi connectivity index (χ4n) is 2.54. The van der Waals surface area contributed by atoms with E-state index in [1.54, 1.807) is 15.4 Å². The van der Waals surface area contributed by atoms with Crippen molar-refractivity contribution in [2.24, 2.45) is 7.05 Å². The van der Waals surface area contributed by atoms with E-state index in [9.17, 15) is 9.59 Å². The second-order valence-electron chi connectivity index (χ2n) is 5.72. The Kier molecular flexibility index (Phi) is 5.38. The molecule has 0 spiro atoms.